The first-order valence-corrected chi connectivity index (χ1v) is 4.30. The van der Waals surface area contributed by atoms with E-state index in [1.54, 1.807) is 0 Å². The molecule has 0 aliphatic heterocycles. The predicted octanol–water partition coefficient (Wildman–Crippen LogP) is 3.07. The summed E-state index contributed by atoms with van der Waals surface area (Å²) in [4.78, 5) is 0. The van der Waals surface area contributed by atoms with Crippen molar-refractivity contribution in [3.63, 3.8) is 0 Å². The summed E-state index contributed by atoms with van der Waals surface area (Å²) in [6.07, 6.45) is -1.51. The second-order valence-corrected chi connectivity index (χ2v) is 3.27. The molecule has 1 atom stereocenters. The van der Waals surface area contributed by atoms with Crippen molar-refractivity contribution >= 4 is 11.6 Å². The van der Waals surface area contributed by atoms with Crippen LogP contribution in [0.3, 0.4) is 0 Å². The Kier molecular flexibility index (Phi) is 3.23. The van der Waals surface area contributed by atoms with Crippen LogP contribution in [0, 0.1) is 0 Å². The summed E-state index contributed by atoms with van der Waals surface area (Å²) in [7, 11) is 0. The molecule has 1 nitrogen and oxygen atoms in total. The minimum atomic E-state index is -3.84. The van der Waals surface area contributed by atoms with Crippen molar-refractivity contribution in [1.82, 2.24) is 0 Å². The Bertz CT molecular complexity index is 146. The molecule has 1 fully saturated rings. The Balaban J connectivity index is 2.37. The van der Waals surface area contributed by atoms with Crippen molar-refractivity contribution < 1.29 is 17.9 Å². The van der Waals surface area contributed by atoms with Crippen LogP contribution in [0.25, 0.3) is 0 Å². The zero-order valence-corrected chi connectivity index (χ0v) is 7.16. The van der Waals surface area contributed by atoms with Crippen molar-refractivity contribution in [2.45, 2.75) is 43.5 Å². The lowest BCUT2D eigenvalue weighted by molar-refractivity contribution is -0.277. The zero-order valence-electron chi connectivity index (χ0n) is 6.40. The van der Waals surface area contributed by atoms with Gasteiger partial charge < -0.3 is 4.74 Å². The number of alkyl halides is 4. The summed E-state index contributed by atoms with van der Waals surface area (Å²) in [5.74, 6) is 0. The van der Waals surface area contributed by atoms with Gasteiger partial charge in [0, 0.05) is 0 Å². The van der Waals surface area contributed by atoms with Crippen molar-refractivity contribution in [3.05, 3.63) is 0 Å². The van der Waals surface area contributed by atoms with Crippen LogP contribution in [0.4, 0.5) is 13.2 Å². The van der Waals surface area contributed by atoms with E-state index in [9.17, 15) is 13.2 Å². The molecular formula is C7H10ClF3O. The van der Waals surface area contributed by atoms with Crippen LogP contribution >= 0.6 is 11.6 Å². The third-order valence-electron chi connectivity index (χ3n) is 1.88. The molecule has 5 heteroatoms. The van der Waals surface area contributed by atoms with Gasteiger partial charge in [0.15, 0.2) is 0 Å². The Morgan fingerprint density at radius 1 is 1.33 bits per heavy atom. The van der Waals surface area contributed by atoms with Crippen molar-refractivity contribution in [1.29, 1.82) is 0 Å². The lowest BCUT2D eigenvalue weighted by Crippen LogP contribution is -2.33. The number of ether oxygens (including phenoxy) is 1. The van der Waals surface area contributed by atoms with Gasteiger partial charge >= 0.3 is 6.11 Å². The Hall–Kier alpha value is 0.0400. The molecule has 0 radical (unpaired) electrons. The van der Waals surface area contributed by atoms with Gasteiger partial charge in [-0.15, -0.1) is 0 Å². The number of hydrogen-bond acceptors (Lipinski definition) is 1. The highest BCUT2D eigenvalue weighted by atomic mass is 35.5. The standard InChI is InChI=1S/C7H10ClF3O/c8-6(9)7(10,11)12-5-3-1-2-4-5/h5-6H,1-4H2. The summed E-state index contributed by atoms with van der Waals surface area (Å²) < 4.78 is 41.2. The van der Waals surface area contributed by atoms with Crippen LogP contribution in [0.1, 0.15) is 25.7 Å². The van der Waals surface area contributed by atoms with E-state index in [1.165, 1.54) is 0 Å². The highest BCUT2D eigenvalue weighted by molar-refractivity contribution is 6.20. The maximum absolute atomic E-state index is 12.5. The Morgan fingerprint density at radius 2 is 1.83 bits per heavy atom. The highest BCUT2D eigenvalue weighted by Crippen LogP contribution is 2.32. The number of halogens is 4. The maximum Gasteiger partial charge on any atom is 0.401 e. The molecule has 1 unspecified atom stereocenters. The van der Waals surface area contributed by atoms with Gasteiger partial charge in [-0.1, -0.05) is 24.4 Å². The van der Waals surface area contributed by atoms with Crippen LogP contribution in [0.2, 0.25) is 0 Å². The van der Waals surface area contributed by atoms with Gasteiger partial charge in [-0.05, 0) is 12.8 Å². The quantitative estimate of drug-likeness (QED) is 0.639. The van der Waals surface area contributed by atoms with Crippen LogP contribution in [-0.2, 0) is 4.74 Å². The lowest BCUT2D eigenvalue weighted by Gasteiger charge is -2.20. The maximum atomic E-state index is 12.5. The van der Waals surface area contributed by atoms with Gasteiger partial charge in [0.05, 0.1) is 6.10 Å². The third-order valence-corrected chi connectivity index (χ3v) is 2.13. The summed E-state index contributed by atoms with van der Waals surface area (Å²) in [5, 5.41) is 0. The second-order valence-electron chi connectivity index (χ2n) is 2.89. The normalized spacial score (nSPS) is 23.0. The van der Waals surface area contributed by atoms with Crippen molar-refractivity contribution in [2.24, 2.45) is 0 Å². The minimum Gasteiger partial charge on any atom is -0.314 e. The molecule has 0 N–H and O–H groups in total. The van der Waals surface area contributed by atoms with E-state index in [4.69, 9.17) is 0 Å². The third kappa shape index (κ3) is 2.52. The molecule has 1 saturated carbocycles. The fraction of sp³-hybridized carbons (Fsp3) is 1.00. The molecule has 0 aromatic rings. The molecule has 1 aliphatic rings. The van der Waals surface area contributed by atoms with E-state index in [0.717, 1.165) is 12.8 Å². The summed E-state index contributed by atoms with van der Waals surface area (Å²) in [6, 6.07) is 0. The van der Waals surface area contributed by atoms with Gasteiger partial charge in [-0.25, -0.2) is 4.39 Å². The Morgan fingerprint density at radius 3 is 2.25 bits per heavy atom. The summed E-state index contributed by atoms with van der Waals surface area (Å²) >= 11 is 4.61. The molecule has 0 aromatic carbocycles. The van der Waals surface area contributed by atoms with E-state index in [1.807, 2.05) is 0 Å². The molecule has 1 aliphatic carbocycles. The SMILES string of the molecule is FC(Cl)C(F)(F)OC1CCCC1. The topological polar surface area (TPSA) is 9.23 Å². The predicted molar refractivity (Wildman–Crippen MR) is 39.0 cm³/mol. The first-order chi connectivity index (χ1) is 5.52. The average molecular weight is 203 g/mol. The minimum absolute atomic E-state index is 0.531. The smallest absolute Gasteiger partial charge is 0.314 e. The fourth-order valence-electron chi connectivity index (χ4n) is 1.28. The first-order valence-electron chi connectivity index (χ1n) is 3.86. The van der Waals surface area contributed by atoms with Crippen molar-refractivity contribution in [3.8, 4) is 0 Å². The lowest BCUT2D eigenvalue weighted by atomic mass is 10.3. The van der Waals surface area contributed by atoms with Gasteiger partial charge in [0.2, 0.25) is 0 Å². The largest absolute Gasteiger partial charge is 0.401 e. The van der Waals surface area contributed by atoms with Crippen LogP contribution in [0.15, 0.2) is 0 Å². The second kappa shape index (κ2) is 3.83. The Labute approximate surface area is 73.8 Å². The molecule has 0 saturated heterocycles. The molecule has 72 valence electrons. The monoisotopic (exact) mass is 202 g/mol. The molecular weight excluding hydrogens is 193 g/mol. The summed E-state index contributed by atoms with van der Waals surface area (Å²) in [5.41, 5.74) is -2.75. The van der Waals surface area contributed by atoms with Gasteiger partial charge in [0.1, 0.15) is 0 Å². The van der Waals surface area contributed by atoms with Crippen LogP contribution in [0.5, 0.6) is 0 Å². The fourth-order valence-corrected chi connectivity index (χ4v) is 1.33. The molecule has 0 spiro atoms. The van der Waals surface area contributed by atoms with E-state index in [0.29, 0.717) is 12.8 Å². The molecule has 0 bridgehead atoms. The molecule has 0 aromatic heterocycles. The average Bonchev–Trinajstić information content (AvgIpc) is 2.38. The first kappa shape index (κ1) is 10.1. The molecule has 0 heterocycles. The van der Waals surface area contributed by atoms with Gasteiger partial charge in [-0.2, -0.15) is 8.78 Å². The van der Waals surface area contributed by atoms with Crippen molar-refractivity contribution in [2.75, 3.05) is 0 Å². The molecule has 0 amide bonds. The van der Waals surface area contributed by atoms with E-state index in [-0.39, 0.29) is 0 Å². The molecule has 1 rings (SSSR count). The van der Waals surface area contributed by atoms with E-state index in [2.05, 4.69) is 16.3 Å². The van der Waals surface area contributed by atoms with E-state index < -0.39 is 17.8 Å². The number of hydrogen-bond donors (Lipinski definition) is 0. The van der Waals surface area contributed by atoms with E-state index >= 15 is 0 Å². The highest BCUT2D eigenvalue weighted by Gasteiger charge is 2.43. The van der Waals surface area contributed by atoms with Gasteiger partial charge in [0.25, 0.3) is 5.63 Å². The van der Waals surface area contributed by atoms with Crippen LogP contribution in [-0.4, -0.2) is 17.8 Å². The summed E-state index contributed by atoms with van der Waals surface area (Å²) in [6.45, 7) is 0. The number of rotatable bonds is 3. The zero-order chi connectivity index (χ0) is 9.19. The van der Waals surface area contributed by atoms with Crippen LogP contribution < -0.4 is 0 Å². The molecule has 12 heavy (non-hydrogen) atoms. The van der Waals surface area contributed by atoms with Gasteiger partial charge in [-0.3, -0.25) is 0 Å².